The fourth-order valence-corrected chi connectivity index (χ4v) is 2.57. The van der Waals surface area contributed by atoms with Crippen LogP contribution in [0, 0.1) is 10.1 Å². The van der Waals surface area contributed by atoms with Crippen molar-refractivity contribution in [3.05, 3.63) is 58.1 Å². The topological polar surface area (TPSA) is 103 Å². The average molecular weight is 355 g/mol. The first-order valence-electron chi connectivity index (χ1n) is 7.89. The highest BCUT2D eigenvalue weighted by Crippen LogP contribution is 2.36. The molecule has 134 valence electrons. The van der Waals surface area contributed by atoms with Crippen molar-refractivity contribution in [1.29, 1.82) is 0 Å². The van der Waals surface area contributed by atoms with E-state index in [1.54, 1.807) is 45.0 Å². The number of nitrogens with zero attached hydrogens (tertiary/aromatic N) is 1. The summed E-state index contributed by atoms with van der Waals surface area (Å²) in [6.07, 6.45) is 0. The summed E-state index contributed by atoms with van der Waals surface area (Å²) < 4.78 is 10.6. The van der Waals surface area contributed by atoms with Crippen LogP contribution in [0.25, 0.3) is 22.1 Å². The zero-order valence-electron chi connectivity index (χ0n) is 14.5. The van der Waals surface area contributed by atoms with E-state index in [4.69, 9.17) is 9.15 Å². The molecule has 0 spiro atoms. The molecule has 1 aromatic heterocycles. The van der Waals surface area contributed by atoms with Gasteiger partial charge < -0.3 is 14.3 Å². The minimum Gasteiger partial charge on any atom is -0.481 e. The van der Waals surface area contributed by atoms with Crippen LogP contribution in [0.3, 0.4) is 0 Å². The van der Waals surface area contributed by atoms with E-state index in [2.05, 4.69) is 0 Å². The first-order valence-corrected chi connectivity index (χ1v) is 7.89. The van der Waals surface area contributed by atoms with Crippen molar-refractivity contribution in [2.24, 2.45) is 0 Å². The number of fused-ring (bicyclic) bond motifs is 1. The smallest absolute Gasteiger partial charge is 0.338 e. The number of aromatic hydroxyl groups is 1. The van der Waals surface area contributed by atoms with Crippen LogP contribution >= 0.6 is 0 Å². The second-order valence-corrected chi connectivity index (χ2v) is 6.83. The van der Waals surface area contributed by atoms with Crippen LogP contribution < -0.4 is 0 Å². The number of nitro groups is 1. The fraction of sp³-hybridized carbons (Fsp3) is 0.211. The Bertz CT molecular complexity index is 995. The highest BCUT2D eigenvalue weighted by atomic mass is 16.6. The number of nitro benzene ring substituents is 1. The van der Waals surface area contributed by atoms with E-state index < -0.39 is 16.5 Å². The maximum absolute atomic E-state index is 12.1. The third kappa shape index (κ3) is 3.51. The fourth-order valence-electron chi connectivity index (χ4n) is 2.57. The van der Waals surface area contributed by atoms with E-state index in [-0.39, 0.29) is 11.6 Å². The van der Waals surface area contributed by atoms with Crippen molar-refractivity contribution in [2.45, 2.75) is 26.4 Å². The molecule has 1 N–H and O–H groups in total. The first kappa shape index (κ1) is 17.5. The summed E-state index contributed by atoms with van der Waals surface area (Å²) in [5.74, 6) is -0.781. The number of ether oxygens (including phenoxy) is 1. The molecule has 0 saturated heterocycles. The molecule has 0 amide bonds. The van der Waals surface area contributed by atoms with Gasteiger partial charge in [-0.2, -0.15) is 0 Å². The van der Waals surface area contributed by atoms with Gasteiger partial charge in [0.2, 0.25) is 0 Å². The van der Waals surface area contributed by atoms with Gasteiger partial charge in [-0.05, 0) is 38.5 Å². The Morgan fingerprint density at radius 1 is 1.15 bits per heavy atom. The highest BCUT2D eigenvalue weighted by Gasteiger charge is 2.19. The van der Waals surface area contributed by atoms with E-state index >= 15 is 0 Å². The lowest BCUT2D eigenvalue weighted by atomic mass is 10.0. The van der Waals surface area contributed by atoms with E-state index in [9.17, 15) is 20.0 Å². The van der Waals surface area contributed by atoms with Crippen molar-refractivity contribution >= 4 is 22.6 Å². The molecule has 7 nitrogen and oxygen atoms in total. The minimum atomic E-state index is -0.604. The monoisotopic (exact) mass is 355 g/mol. The molecule has 7 heteroatoms. The predicted octanol–water partition coefficient (Wildman–Crippen LogP) is 4.67. The Kier molecular flexibility index (Phi) is 4.15. The Balaban J connectivity index is 2.04. The quantitative estimate of drug-likeness (QED) is 0.416. The van der Waals surface area contributed by atoms with Crippen LogP contribution in [0.1, 0.15) is 31.1 Å². The van der Waals surface area contributed by atoms with Crippen LogP contribution in [0.2, 0.25) is 0 Å². The van der Waals surface area contributed by atoms with Crippen molar-refractivity contribution in [2.75, 3.05) is 0 Å². The third-order valence-electron chi connectivity index (χ3n) is 3.63. The largest absolute Gasteiger partial charge is 0.481 e. The SMILES string of the molecule is CC(C)(C)OC(=O)c1ccc(-c2cc([N+](=O)[O-])cc3cc(O)oc23)cc1. The molecule has 0 bridgehead atoms. The van der Waals surface area contributed by atoms with Crippen LogP contribution in [0.4, 0.5) is 5.69 Å². The van der Waals surface area contributed by atoms with Crippen molar-refractivity contribution in [3.8, 4) is 17.1 Å². The molecule has 0 aliphatic carbocycles. The number of furan rings is 1. The molecule has 0 unspecified atom stereocenters. The molecule has 3 aromatic rings. The Morgan fingerprint density at radius 2 is 1.81 bits per heavy atom. The third-order valence-corrected chi connectivity index (χ3v) is 3.63. The summed E-state index contributed by atoms with van der Waals surface area (Å²) in [6, 6.07) is 10.5. The molecule has 0 aliphatic rings. The molecule has 2 aromatic carbocycles. The van der Waals surface area contributed by atoms with E-state index in [1.807, 2.05) is 0 Å². The highest BCUT2D eigenvalue weighted by molar-refractivity contribution is 5.96. The van der Waals surface area contributed by atoms with Gasteiger partial charge in [0.1, 0.15) is 11.2 Å². The van der Waals surface area contributed by atoms with Crippen LogP contribution in [0.5, 0.6) is 5.95 Å². The maximum atomic E-state index is 12.1. The van der Waals surface area contributed by atoms with Gasteiger partial charge >= 0.3 is 5.97 Å². The summed E-state index contributed by atoms with van der Waals surface area (Å²) in [5, 5.41) is 21.2. The lowest BCUT2D eigenvalue weighted by Crippen LogP contribution is -2.23. The Hall–Kier alpha value is -3.35. The molecule has 0 fully saturated rings. The van der Waals surface area contributed by atoms with Crippen LogP contribution in [-0.4, -0.2) is 21.6 Å². The summed E-state index contributed by atoms with van der Waals surface area (Å²) in [7, 11) is 0. The van der Waals surface area contributed by atoms with Gasteiger partial charge in [0.25, 0.3) is 11.6 Å². The van der Waals surface area contributed by atoms with E-state index in [0.29, 0.717) is 27.7 Å². The Labute approximate surface area is 149 Å². The van der Waals surface area contributed by atoms with Crippen molar-refractivity contribution in [1.82, 2.24) is 0 Å². The Morgan fingerprint density at radius 3 is 2.38 bits per heavy atom. The second kappa shape index (κ2) is 6.18. The van der Waals surface area contributed by atoms with Crippen molar-refractivity contribution in [3.63, 3.8) is 0 Å². The molecule has 0 atom stereocenters. The summed E-state index contributed by atoms with van der Waals surface area (Å²) in [6.45, 7) is 5.34. The second-order valence-electron chi connectivity index (χ2n) is 6.83. The predicted molar refractivity (Wildman–Crippen MR) is 95.1 cm³/mol. The van der Waals surface area contributed by atoms with E-state index in [0.717, 1.165) is 0 Å². The number of hydrogen-bond donors (Lipinski definition) is 1. The number of non-ortho nitro benzene ring substituents is 1. The summed E-state index contributed by atoms with van der Waals surface area (Å²) >= 11 is 0. The van der Waals surface area contributed by atoms with Gasteiger partial charge in [0.05, 0.1) is 10.5 Å². The summed E-state index contributed by atoms with van der Waals surface area (Å²) in [4.78, 5) is 22.8. The average Bonchev–Trinajstić information content (AvgIpc) is 2.92. The summed E-state index contributed by atoms with van der Waals surface area (Å²) in [5.41, 5.74) is 1.04. The lowest BCUT2D eigenvalue weighted by Gasteiger charge is -2.19. The molecular weight excluding hydrogens is 338 g/mol. The van der Waals surface area contributed by atoms with Gasteiger partial charge in [-0.3, -0.25) is 10.1 Å². The van der Waals surface area contributed by atoms with Crippen LogP contribution in [-0.2, 0) is 4.74 Å². The molecule has 1 heterocycles. The first-order chi connectivity index (χ1) is 12.1. The number of esters is 1. The number of carbonyl (C=O) groups is 1. The van der Waals surface area contributed by atoms with E-state index in [1.165, 1.54) is 18.2 Å². The lowest BCUT2D eigenvalue weighted by molar-refractivity contribution is -0.384. The number of benzene rings is 2. The van der Waals surface area contributed by atoms with Crippen LogP contribution in [0.15, 0.2) is 46.9 Å². The number of rotatable bonds is 3. The molecule has 26 heavy (non-hydrogen) atoms. The minimum absolute atomic E-state index is 0.121. The zero-order valence-corrected chi connectivity index (χ0v) is 14.5. The van der Waals surface area contributed by atoms with Gasteiger partial charge in [-0.1, -0.05) is 12.1 Å². The number of carbonyl (C=O) groups excluding carboxylic acids is 1. The molecule has 0 saturated carbocycles. The molecule has 3 rings (SSSR count). The standard InChI is InChI=1S/C19H17NO6/c1-19(2,3)26-18(22)12-6-4-11(5-7-12)15-10-14(20(23)24)8-13-9-16(21)25-17(13)15/h4-10,21H,1-3H3. The number of hydrogen-bond acceptors (Lipinski definition) is 6. The molecule has 0 radical (unpaired) electrons. The van der Waals surface area contributed by atoms with Crippen molar-refractivity contribution < 1.29 is 24.0 Å². The van der Waals surface area contributed by atoms with Gasteiger partial charge in [-0.25, -0.2) is 4.79 Å². The maximum Gasteiger partial charge on any atom is 0.338 e. The van der Waals surface area contributed by atoms with Gasteiger partial charge in [-0.15, -0.1) is 0 Å². The molecule has 0 aliphatic heterocycles. The normalized spacial score (nSPS) is 11.5. The zero-order chi connectivity index (χ0) is 19.1. The van der Waals surface area contributed by atoms with Gasteiger partial charge in [0.15, 0.2) is 0 Å². The molecular formula is C19H17NO6. The van der Waals surface area contributed by atoms with Gasteiger partial charge in [0, 0.05) is 29.1 Å².